The van der Waals surface area contributed by atoms with E-state index in [9.17, 15) is 0 Å². The van der Waals surface area contributed by atoms with E-state index in [1.807, 2.05) is 12.1 Å². The van der Waals surface area contributed by atoms with Gasteiger partial charge in [0.15, 0.2) is 0 Å². The molecule has 2 aliphatic rings. The molecule has 1 saturated heterocycles. The second-order valence-electron chi connectivity index (χ2n) is 8.22. The largest absolute Gasteiger partial charge is 0.488 e. The molecule has 1 aromatic carbocycles. The molecule has 2 aromatic heterocycles. The van der Waals surface area contributed by atoms with Gasteiger partial charge in [-0.15, -0.1) is 0 Å². The Hall–Kier alpha value is -3.44. The SMILES string of the molecule is N#Cc1cccc(N[C@H]2CC[C@@H](Oc3cc(N4CCOCC4)cc4nccnc34)CC2)n1. The van der Waals surface area contributed by atoms with Crippen molar-refractivity contribution in [1.82, 2.24) is 15.0 Å². The number of hydrogen-bond acceptors (Lipinski definition) is 8. The molecule has 1 aliphatic carbocycles. The van der Waals surface area contributed by atoms with Crippen LogP contribution in [0.3, 0.4) is 0 Å². The number of ether oxygens (including phenoxy) is 2. The maximum atomic E-state index is 9.05. The van der Waals surface area contributed by atoms with Crippen LogP contribution in [-0.4, -0.2) is 53.4 Å². The van der Waals surface area contributed by atoms with Crippen LogP contribution < -0.4 is 15.0 Å². The van der Waals surface area contributed by atoms with E-state index in [1.165, 1.54) is 0 Å². The summed E-state index contributed by atoms with van der Waals surface area (Å²) in [6.07, 6.45) is 7.43. The number of morpholine rings is 1. The lowest BCUT2D eigenvalue weighted by Crippen LogP contribution is -2.36. The lowest BCUT2D eigenvalue weighted by Gasteiger charge is -2.31. The number of hydrogen-bond donors (Lipinski definition) is 1. The van der Waals surface area contributed by atoms with Crippen molar-refractivity contribution < 1.29 is 9.47 Å². The molecule has 0 atom stereocenters. The second kappa shape index (κ2) is 9.37. The number of nitriles is 1. The van der Waals surface area contributed by atoms with Crippen LogP contribution in [0.15, 0.2) is 42.7 Å². The van der Waals surface area contributed by atoms with Crippen molar-refractivity contribution in [2.45, 2.75) is 37.8 Å². The first-order valence-electron chi connectivity index (χ1n) is 11.2. The summed E-state index contributed by atoms with van der Waals surface area (Å²) >= 11 is 0. The molecular formula is C24H26N6O2. The predicted octanol–water partition coefficient (Wildman–Crippen LogP) is 3.54. The van der Waals surface area contributed by atoms with Crippen LogP contribution in [0.4, 0.5) is 11.5 Å². The van der Waals surface area contributed by atoms with Gasteiger partial charge in [-0.2, -0.15) is 5.26 Å². The fraction of sp³-hybridized carbons (Fsp3) is 0.417. The van der Waals surface area contributed by atoms with Gasteiger partial charge in [0.05, 0.1) is 24.8 Å². The molecule has 3 heterocycles. The molecule has 1 saturated carbocycles. The molecule has 8 heteroatoms. The highest BCUT2D eigenvalue weighted by Gasteiger charge is 2.24. The fourth-order valence-corrected chi connectivity index (χ4v) is 4.41. The normalized spacial score (nSPS) is 21.2. The topological polar surface area (TPSA) is 96.2 Å². The predicted molar refractivity (Wildman–Crippen MR) is 122 cm³/mol. The van der Waals surface area contributed by atoms with Crippen molar-refractivity contribution >= 4 is 22.5 Å². The molecule has 5 rings (SSSR count). The van der Waals surface area contributed by atoms with Crippen LogP contribution in [0.2, 0.25) is 0 Å². The van der Waals surface area contributed by atoms with E-state index < -0.39 is 0 Å². The molecule has 32 heavy (non-hydrogen) atoms. The minimum absolute atomic E-state index is 0.136. The van der Waals surface area contributed by atoms with Gasteiger partial charge in [0.1, 0.15) is 28.8 Å². The summed E-state index contributed by atoms with van der Waals surface area (Å²) in [7, 11) is 0. The number of aromatic nitrogens is 3. The quantitative estimate of drug-likeness (QED) is 0.657. The zero-order valence-electron chi connectivity index (χ0n) is 17.9. The minimum atomic E-state index is 0.136. The van der Waals surface area contributed by atoms with Crippen LogP contribution in [0.1, 0.15) is 31.4 Å². The maximum absolute atomic E-state index is 9.05. The van der Waals surface area contributed by atoms with Crippen LogP contribution >= 0.6 is 0 Å². The van der Waals surface area contributed by atoms with Crippen molar-refractivity contribution in [1.29, 1.82) is 5.26 Å². The summed E-state index contributed by atoms with van der Waals surface area (Å²) in [4.78, 5) is 15.7. The lowest BCUT2D eigenvalue weighted by molar-refractivity contribution is 0.122. The zero-order valence-corrected chi connectivity index (χ0v) is 17.9. The van der Waals surface area contributed by atoms with Crippen molar-refractivity contribution in [3.63, 3.8) is 0 Å². The average Bonchev–Trinajstić information content (AvgIpc) is 2.86. The van der Waals surface area contributed by atoms with Crippen molar-refractivity contribution in [2.75, 3.05) is 36.5 Å². The van der Waals surface area contributed by atoms with E-state index in [0.717, 1.165) is 80.3 Å². The monoisotopic (exact) mass is 430 g/mol. The molecule has 0 unspecified atom stereocenters. The summed E-state index contributed by atoms with van der Waals surface area (Å²) in [6.45, 7) is 3.20. The number of pyridine rings is 1. The van der Waals surface area contributed by atoms with Crippen molar-refractivity contribution in [3.05, 3.63) is 48.4 Å². The van der Waals surface area contributed by atoms with Gasteiger partial charge >= 0.3 is 0 Å². The minimum Gasteiger partial charge on any atom is -0.488 e. The Morgan fingerprint density at radius 3 is 2.69 bits per heavy atom. The van der Waals surface area contributed by atoms with Crippen LogP contribution in [0.25, 0.3) is 11.0 Å². The molecule has 3 aromatic rings. The third-order valence-electron chi connectivity index (χ3n) is 6.08. The van der Waals surface area contributed by atoms with Crippen molar-refractivity contribution in [2.24, 2.45) is 0 Å². The Labute approximate surface area is 187 Å². The molecule has 2 fully saturated rings. The average molecular weight is 431 g/mol. The van der Waals surface area contributed by atoms with E-state index in [1.54, 1.807) is 18.5 Å². The molecule has 8 nitrogen and oxygen atoms in total. The zero-order chi connectivity index (χ0) is 21.8. The van der Waals surface area contributed by atoms with Gasteiger partial charge < -0.3 is 19.7 Å². The molecule has 1 N–H and O–H groups in total. The molecular weight excluding hydrogens is 404 g/mol. The third kappa shape index (κ3) is 4.58. The molecule has 0 spiro atoms. The first kappa shape index (κ1) is 20.5. The molecule has 0 bridgehead atoms. The first-order valence-corrected chi connectivity index (χ1v) is 11.2. The van der Waals surface area contributed by atoms with Gasteiger partial charge in [-0.25, -0.2) is 9.97 Å². The third-order valence-corrected chi connectivity index (χ3v) is 6.08. The Morgan fingerprint density at radius 2 is 1.88 bits per heavy atom. The Balaban J connectivity index is 1.27. The van der Waals surface area contributed by atoms with E-state index in [4.69, 9.17) is 14.7 Å². The fourth-order valence-electron chi connectivity index (χ4n) is 4.41. The van der Waals surface area contributed by atoms with Gasteiger partial charge in [-0.05, 0) is 43.9 Å². The number of rotatable bonds is 5. The number of fused-ring (bicyclic) bond motifs is 1. The lowest BCUT2D eigenvalue weighted by atomic mass is 9.93. The van der Waals surface area contributed by atoms with Gasteiger partial charge in [-0.3, -0.25) is 4.98 Å². The van der Waals surface area contributed by atoms with Crippen LogP contribution in [0.5, 0.6) is 5.75 Å². The highest BCUT2D eigenvalue weighted by atomic mass is 16.5. The Bertz CT molecular complexity index is 1120. The highest BCUT2D eigenvalue weighted by Crippen LogP contribution is 2.33. The second-order valence-corrected chi connectivity index (χ2v) is 8.22. The number of benzene rings is 1. The molecule has 1 aliphatic heterocycles. The van der Waals surface area contributed by atoms with E-state index >= 15 is 0 Å². The van der Waals surface area contributed by atoms with E-state index in [-0.39, 0.29) is 6.10 Å². The maximum Gasteiger partial charge on any atom is 0.149 e. The van der Waals surface area contributed by atoms with Gasteiger partial charge in [0.2, 0.25) is 0 Å². The van der Waals surface area contributed by atoms with Gasteiger partial charge in [0, 0.05) is 43.3 Å². The standard InChI is InChI=1S/C24H26N6O2/c25-16-18-2-1-3-23(29-18)28-17-4-6-20(7-5-17)32-22-15-19(30-10-12-31-13-11-30)14-21-24(22)27-9-8-26-21/h1-3,8-9,14-15,17,20H,4-7,10-13H2,(H,28,29)/t17-,20+. The smallest absolute Gasteiger partial charge is 0.149 e. The van der Waals surface area contributed by atoms with Crippen LogP contribution in [-0.2, 0) is 4.74 Å². The highest BCUT2D eigenvalue weighted by molar-refractivity contribution is 5.85. The summed E-state index contributed by atoms with van der Waals surface area (Å²) < 4.78 is 12.0. The molecule has 0 amide bonds. The number of anilines is 2. The first-order chi connectivity index (χ1) is 15.8. The number of nitrogens with one attached hydrogen (secondary N) is 1. The summed E-state index contributed by atoms with van der Waals surface area (Å²) in [5.41, 5.74) is 3.20. The summed E-state index contributed by atoms with van der Waals surface area (Å²) in [5.74, 6) is 1.56. The molecule has 164 valence electrons. The van der Waals surface area contributed by atoms with E-state index in [0.29, 0.717) is 11.7 Å². The summed E-state index contributed by atoms with van der Waals surface area (Å²) in [5, 5.41) is 12.5. The Kier molecular flexibility index (Phi) is 5.99. The van der Waals surface area contributed by atoms with Gasteiger partial charge in [0.25, 0.3) is 0 Å². The Morgan fingerprint density at radius 1 is 1.06 bits per heavy atom. The van der Waals surface area contributed by atoms with Gasteiger partial charge in [-0.1, -0.05) is 6.07 Å². The summed E-state index contributed by atoms with van der Waals surface area (Å²) in [6, 6.07) is 12.1. The number of nitrogens with zero attached hydrogens (tertiary/aromatic N) is 5. The van der Waals surface area contributed by atoms with Crippen molar-refractivity contribution in [3.8, 4) is 11.8 Å². The van der Waals surface area contributed by atoms with E-state index in [2.05, 4.69) is 43.4 Å². The molecule has 0 radical (unpaired) electrons. The van der Waals surface area contributed by atoms with Crippen LogP contribution in [0, 0.1) is 11.3 Å².